The Bertz CT molecular complexity index is 3260. The maximum absolute atomic E-state index is 5.41. The third-order valence-electron chi connectivity index (χ3n) is 10.5. The summed E-state index contributed by atoms with van der Waals surface area (Å²) in [6.07, 6.45) is 5.56. The van der Waals surface area contributed by atoms with E-state index in [1.165, 1.54) is 32.3 Å². The molecule has 0 aliphatic heterocycles. The molecule has 0 unspecified atom stereocenters. The highest BCUT2D eigenvalue weighted by Crippen LogP contribution is 2.44. The summed E-state index contributed by atoms with van der Waals surface area (Å²) in [5.74, 6) is 0. The van der Waals surface area contributed by atoms with Crippen LogP contribution in [0.2, 0.25) is 0 Å². The van der Waals surface area contributed by atoms with Crippen LogP contribution in [0.3, 0.4) is 0 Å². The predicted molar refractivity (Wildman–Crippen MR) is 216 cm³/mol. The van der Waals surface area contributed by atoms with Crippen LogP contribution >= 0.6 is 0 Å². The van der Waals surface area contributed by atoms with Gasteiger partial charge in [-0.25, -0.2) is 4.98 Å². The Hall–Kier alpha value is -7.04. The lowest BCUT2D eigenvalue weighted by Crippen LogP contribution is -1.94. The minimum Gasteiger partial charge on any atom is -0.256 e. The van der Waals surface area contributed by atoms with E-state index >= 15 is 0 Å². The standard InChI is InChI=1S/C48H28N4/c1-3-16-36-33(14-1)34-15-2-4-17-37(34)44-43(36)40-18-5-6-21-42(40)52-45(44)30-12-7-11-29(27-30)32-22-23-35(38-19-9-25-50-47(32)38)41-28-31-13-8-24-49-46(31)48-39(41)20-10-26-51-48/h1-28H. The first-order chi connectivity index (χ1) is 25.8. The molecule has 11 rings (SSSR count). The average Bonchev–Trinajstić information content (AvgIpc) is 3.22. The first-order valence-electron chi connectivity index (χ1n) is 17.6. The number of pyridine rings is 4. The zero-order valence-corrected chi connectivity index (χ0v) is 28.0. The zero-order chi connectivity index (χ0) is 34.2. The number of aromatic nitrogens is 4. The Balaban J connectivity index is 1.16. The van der Waals surface area contributed by atoms with E-state index in [2.05, 4.69) is 138 Å². The molecule has 4 heterocycles. The monoisotopic (exact) mass is 660 g/mol. The molecule has 0 radical (unpaired) electrons. The topological polar surface area (TPSA) is 51.6 Å². The highest BCUT2D eigenvalue weighted by atomic mass is 14.7. The smallest absolute Gasteiger partial charge is 0.0970 e. The van der Waals surface area contributed by atoms with Crippen LogP contribution in [0.4, 0.5) is 0 Å². The Morgan fingerprint density at radius 1 is 0.327 bits per heavy atom. The van der Waals surface area contributed by atoms with Crippen molar-refractivity contribution in [2.45, 2.75) is 0 Å². The third-order valence-corrected chi connectivity index (χ3v) is 10.5. The Labute approximate surface area is 298 Å². The molecule has 0 bridgehead atoms. The van der Waals surface area contributed by atoms with Gasteiger partial charge in [-0.05, 0) is 74.6 Å². The molecule has 0 saturated heterocycles. The number of hydrogen-bond acceptors (Lipinski definition) is 4. The molecule has 0 aliphatic rings. The molecule has 0 N–H and O–H groups in total. The summed E-state index contributed by atoms with van der Waals surface area (Å²) in [7, 11) is 0. The van der Waals surface area contributed by atoms with E-state index in [9.17, 15) is 0 Å². The maximum atomic E-state index is 5.41. The molecule has 0 aliphatic carbocycles. The van der Waals surface area contributed by atoms with Crippen molar-refractivity contribution in [2.24, 2.45) is 0 Å². The maximum Gasteiger partial charge on any atom is 0.0970 e. The van der Waals surface area contributed by atoms with Gasteiger partial charge in [0.05, 0.1) is 27.8 Å². The van der Waals surface area contributed by atoms with Crippen LogP contribution in [0.15, 0.2) is 170 Å². The molecule has 0 fully saturated rings. The van der Waals surface area contributed by atoms with E-state index in [0.717, 1.165) is 77.1 Å². The minimum atomic E-state index is 0.903. The van der Waals surface area contributed by atoms with Gasteiger partial charge >= 0.3 is 0 Å². The number of rotatable bonds is 3. The second kappa shape index (κ2) is 11.2. The Morgan fingerprint density at radius 3 is 1.69 bits per heavy atom. The summed E-state index contributed by atoms with van der Waals surface area (Å²) < 4.78 is 0. The van der Waals surface area contributed by atoms with E-state index in [1.54, 1.807) is 0 Å². The van der Waals surface area contributed by atoms with Gasteiger partial charge in [0.25, 0.3) is 0 Å². The molecule has 11 aromatic rings. The fourth-order valence-electron chi connectivity index (χ4n) is 8.31. The summed E-state index contributed by atoms with van der Waals surface area (Å²) in [6.45, 7) is 0. The van der Waals surface area contributed by atoms with Gasteiger partial charge in [-0.1, -0.05) is 115 Å². The van der Waals surface area contributed by atoms with Crippen molar-refractivity contribution in [3.05, 3.63) is 170 Å². The molecule has 4 nitrogen and oxygen atoms in total. The molecular weight excluding hydrogens is 633 g/mol. The lowest BCUT2D eigenvalue weighted by atomic mass is 9.89. The van der Waals surface area contributed by atoms with Crippen molar-refractivity contribution >= 4 is 75.9 Å². The van der Waals surface area contributed by atoms with Crippen LogP contribution in [0.25, 0.3) is 109 Å². The van der Waals surface area contributed by atoms with E-state index in [0.29, 0.717) is 0 Å². The molecule has 240 valence electrons. The van der Waals surface area contributed by atoms with Crippen LogP contribution in [-0.2, 0) is 0 Å². The van der Waals surface area contributed by atoms with Crippen molar-refractivity contribution in [1.82, 2.24) is 19.9 Å². The van der Waals surface area contributed by atoms with Crippen LogP contribution < -0.4 is 0 Å². The van der Waals surface area contributed by atoms with Crippen molar-refractivity contribution in [2.75, 3.05) is 0 Å². The van der Waals surface area contributed by atoms with Gasteiger partial charge in [0, 0.05) is 62.0 Å². The highest BCUT2D eigenvalue weighted by molar-refractivity contribution is 6.33. The Kier molecular flexibility index (Phi) is 6.22. The van der Waals surface area contributed by atoms with Gasteiger partial charge in [0.1, 0.15) is 0 Å². The fraction of sp³-hybridized carbons (Fsp3) is 0. The molecule has 52 heavy (non-hydrogen) atoms. The largest absolute Gasteiger partial charge is 0.256 e. The van der Waals surface area contributed by atoms with Crippen molar-refractivity contribution in [1.29, 1.82) is 0 Å². The van der Waals surface area contributed by atoms with Crippen molar-refractivity contribution in [3.63, 3.8) is 0 Å². The van der Waals surface area contributed by atoms with E-state index < -0.39 is 0 Å². The third kappa shape index (κ3) is 4.21. The van der Waals surface area contributed by atoms with Crippen molar-refractivity contribution in [3.8, 4) is 33.5 Å². The molecule has 0 atom stereocenters. The van der Waals surface area contributed by atoms with E-state index in [1.807, 2.05) is 36.8 Å². The molecule has 4 aromatic heterocycles. The highest BCUT2D eigenvalue weighted by Gasteiger charge is 2.19. The first kappa shape index (κ1) is 28.8. The van der Waals surface area contributed by atoms with Gasteiger partial charge < -0.3 is 0 Å². The fourth-order valence-corrected chi connectivity index (χ4v) is 8.31. The number of hydrogen-bond donors (Lipinski definition) is 0. The predicted octanol–water partition coefficient (Wildman–Crippen LogP) is 12.3. The average molecular weight is 661 g/mol. The second-order valence-corrected chi connectivity index (χ2v) is 13.4. The normalized spacial score (nSPS) is 11.8. The molecule has 0 saturated carbocycles. The molecule has 4 heteroatoms. The van der Waals surface area contributed by atoms with E-state index in [-0.39, 0.29) is 0 Å². The van der Waals surface area contributed by atoms with Crippen molar-refractivity contribution < 1.29 is 0 Å². The minimum absolute atomic E-state index is 0.903. The first-order valence-corrected chi connectivity index (χ1v) is 17.6. The van der Waals surface area contributed by atoms with Crippen LogP contribution in [-0.4, -0.2) is 19.9 Å². The summed E-state index contributed by atoms with van der Waals surface area (Å²) in [5.41, 5.74) is 10.2. The summed E-state index contributed by atoms with van der Waals surface area (Å²) >= 11 is 0. The number of para-hydroxylation sites is 1. The van der Waals surface area contributed by atoms with Gasteiger partial charge in [0.15, 0.2) is 0 Å². The quantitative estimate of drug-likeness (QED) is 0.177. The molecular formula is C48H28N4. The van der Waals surface area contributed by atoms with Crippen LogP contribution in [0.1, 0.15) is 0 Å². The molecule has 0 spiro atoms. The number of nitrogens with zero attached hydrogens (tertiary/aromatic N) is 4. The van der Waals surface area contributed by atoms with Gasteiger partial charge in [-0.3, -0.25) is 15.0 Å². The lowest BCUT2D eigenvalue weighted by molar-refractivity contribution is 1.37. The van der Waals surface area contributed by atoms with Gasteiger partial charge in [-0.2, -0.15) is 0 Å². The summed E-state index contributed by atoms with van der Waals surface area (Å²) in [6, 6.07) is 54.0. The number of fused-ring (bicyclic) bond motifs is 12. The molecule has 0 amide bonds. The van der Waals surface area contributed by atoms with Crippen LogP contribution in [0, 0.1) is 0 Å². The van der Waals surface area contributed by atoms with Gasteiger partial charge in [0.2, 0.25) is 0 Å². The number of benzene rings is 7. The second-order valence-electron chi connectivity index (χ2n) is 13.4. The lowest BCUT2D eigenvalue weighted by Gasteiger charge is -2.17. The summed E-state index contributed by atoms with van der Waals surface area (Å²) in [4.78, 5) is 19.9. The van der Waals surface area contributed by atoms with Gasteiger partial charge in [-0.15, -0.1) is 0 Å². The zero-order valence-electron chi connectivity index (χ0n) is 28.0. The Morgan fingerprint density at radius 2 is 0.904 bits per heavy atom. The SMILES string of the molecule is c1cc(-c2ccc(-c3cc4cccnc4c4ncccc34)c3cccnc23)cc(-c2nc3ccccc3c3c4ccccc4c4ccccc4c23)c1. The van der Waals surface area contributed by atoms with E-state index in [4.69, 9.17) is 15.0 Å². The molecule has 7 aromatic carbocycles. The summed E-state index contributed by atoms with van der Waals surface area (Å²) in [5, 5.41) is 11.7. The van der Waals surface area contributed by atoms with Crippen LogP contribution in [0.5, 0.6) is 0 Å².